The third kappa shape index (κ3) is 4.17. The molecule has 0 atom stereocenters. The van der Waals surface area contributed by atoms with Crippen molar-refractivity contribution in [1.82, 2.24) is 19.4 Å². The highest BCUT2D eigenvalue weighted by molar-refractivity contribution is 6.17. The lowest BCUT2D eigenvalue weighted by molar-refractivity contribution is 0.266. The van der Waals surface area contributed by atoms with Crippen LogP contribution < -0.4 is 0 Å². The van der Waals surface area contributed by atoms with E-state index in [4.69, 9.17) is 11.6 Å². The van der Waals surface area contributed by atoms with Gasteiger partial charge in [0, 0.05) is 31.1 Å². The molecule has 2 aromatic heterocycles. The van der Waals surface area contributed by atoms with Crippen LogP contribution in [-0.4, -0.2) is 44.9 Å². The highest BCUT2D eigenvalue weighted by atomic mass is 35.5. The fourth-order valence-electron chi connectivity index (χ4n) is 2.41. The summed E-state index contributed by atoms with van der Waals surface area (Å²) in [6.45, 7) is 6.55. The summed E-state index contributed by atoms with van der Waals surface area (Å²) in [7, 11) is 2.18. The van der Waals surface area contributed by atoms with Crippen molar-refractivity contribution < 1.29 is 0 Å². The predicted octanol–water partition coefficient (Wildman–Crippen LogP) is 3.33. The van der Waals surface area contributed by atoms with Crippen LogP contribution in [0.3, 0.4) is 0 Å². The van der Waals surface area contributed by atoms with E-state index in [1.54, 1.807) is 0 Å². The number of hydrogen-bond donors (Lipinski definition) is 0. The van der Waals surface area contributed by atoms with E-state index >= 15 is 0 Å². The Bertz CT molecular complexity index is 564. The number of imidazole rings is 1. The number of nitrogens with zero attached hydrogens (tertiary/aromatic N) is 4. The van der Waals surface area contributed by atoms with Crippen LogP contribution >= 0.6 is 11.6 Å². The molecular formula is C16H25ClN4. The molecule has 5 heteroatoms. The Morgan fingerprint density at radius 2 is 2.14 bits per heavy atom. The summed E-state index contributed by atoms with van der Waals surface area (Å²) >= 11 is 5.89. The summed E-state index contributed by atoms with van der Waals surface area (Å²) in [6, 6.07) is 4.55. The van der Waals surface area contributed by atoms with E-state index in [9.17, 15) is 0 Å². The van der Waals surface area contributed by atoms with Gasteiger partial charge in [0.25, 0.3) is 0 Å². The zero-order chi connectivity index (χ0) is 15.2. The molecule has 0 aliphatic carbocycles. The maximum absolute atomic E-state index is 5.89. The smallest absolute Gasteiger partial charge is 0.159 e. The summed E-state index contributed by atoms with van der Waals surface area (Å²) in [6.07, 6.45) is 4.94. The average molecular weight is 309 g/mol. The van der Waals surface area contributed by atoms with Gasteiger partial charge in [0.15, 0.2) is 5.65 Å². The molecule has 0 aliphatic heterocycles. The van der Waals surface area contributed by atoms with Crippen molar-refractivity contribution >= 4 is 22.8 Å². The highest BCUT2D eigenvalue weighted by Crippen LogP contribution is 2.15. The number of aromatic nitrogens is 3. The minimum absolute atomic E-state index is 0.597. The molecule has 2 heterocycles. The fraction of sp³-hybridized carbons (Fsp3) is 0.625. The Kier molecular flexibility index (Phi) is 6.00. The molecule has 0 bridgehead atoms. The summed E-state index contributed by atoms with van der Waals surface area (Å²) < 4.78 is 2.23. The van der Waals surface area contributed by atoms with Crippen LogP contribution in [0, 0.1) is 0 Å². The van der Waals surface area contributed by atoms with Gasteiger partial charge in [0.1, 0.15) is 11.3 Å². The molecule has 0 spiro atoms. The van der Waals surface area contributed by atoms with Gasteiger partial charge in [-0.3, -0.25) is 0 Å². The molecular weight excluding hydrogens is 284 g/mol. The van der Waals surface area contributed by atoms with Crippen LogP contribution in [0.1, 0.15) is 32.5 Å². The Morgan fingerprint density at radius 1 is 1.33 bits per heavy atom. The Labute approximate surface area is 132 Å². The number of alkyl halides is 1. The van der Waals surface area contributed by atoms with Gasteiger partial charge >= 0.3 is 0 Å². The van der Waals surface area contributed by atoms with Gasteiger partial charge < -0.3 is 9.47 Å². The summed E-state index contributed by atoms with van der Waals surface area (Å²) in [5, 5.41) is 0. The third-order valence-electron chi connectivity index (χ3n) is 3.93. The molecule has 2 rings (SSSR count). The SMILES string of the molecule is CC(C)N(C)CCCCn1c(CCCl)nc2cccnc21. The van der Waals surface area contributed by atoms with Gasteiger partial charge in [-0.15, -0.1) is 11.6 Å². The number of fused-ring (bicyclic) bond motifs is 1. The lowest BCUT2D eigenvalue weighted by atomic mass is 10.2. The molecule has 0 fully saturated rings. The van der Waals surface area contributed by atoms with E-state index < -0.39 is 0 Å². The lowest BCUT2D eigenvalue weighted by Gasteiger charge is -2.20. The van der Waals surface area contributed by atoms with Gasteiger partial charge in [0.2, 0.25) is 0 Å². The predicted molar refractivity (Wildman–Crippen MR) is 89.0 cm³/mol. The maximum atomic E-state index is 5.89. The molecule has 0 unspecified atom stereocenters. The summed E-state index contributed by atoms with van der Waals surface area (Å²) in [5.74, 6) is 1.65. The quantitative estimate of drug-likeness (QED) is 0.554. The molecule has 0 saturated carbocycles. The minimum atomic E-state index is 0.597. The van der Waals surface area contributed by atoms with E-state index in [0.29, 0.717) is 11.9 Å². The first kappa shape index (κ1) is 16.2. The number of unbranched alkanes of at least 4 members (excludes halogenated alkanes) is 1. The van der Waals surface area contributed by atoms with Crippen molar-refractivity contribution in [3.63, 3.8) is 0 Å². The Hall–Kier alpha value is -1.13. The molecule has 21 heavy (non-hydrogen) atoms. The van der Waals surface area contributed by atoms with Crippen LogP contribution in [0.15, 0.2) is 18.3 Å². The van der Waals surface area contributed by atoms with E-state index in [-0.39, 0.29) is 0 Å². The van der Waals surface area contributed by atoms with Crippen LogP contribution in [-0.2, 0) is 13.0 Å². The van der Waals surface area contributed by atoms with Gasteiger partial charge in [0.05, 0.1) is 0 Å². The Morgan fingerprint density at radius 3 is 2.86 bits per heavy atom. The number of pyridine rings is 1. The molecule has 4 nitrogen and oxygen atoms in total. The van der Waals surface area contributed by atoms with Crippen LogP contribution in [0.4, 0.5) is 0 Å². The number of rotatable bonds is 8. The van der Waals surface area contributed by atoms with Crippen LogP contribution in [0.5, 0.6) is 0 Å². The molecule has 2 aromatic rings. The van der Waals surface area contributed by atoms with Crippen molar-refractivity contribution in [1.29, 1.82) is 0 Å². The topological polar surface area (TPSA) is 34.0 Å². The fourth-order valence-corrected chi connectivity index (χ4v) is 2.57. The first-order valence-electron chi connectivity index (χ1n) is 7.69. The number of aryl methyl sites for hydroxylation is 2. The zero-order valence-electron chi connectivity index (χ0n) is 13.2. The molecule has 0 radical (unpaired) electrons. The molecule has 0 aliphatic rings. The third-order valence-corrected chi connectivity index (χ3v) is 4.11. The van der Waals surface area contributed by atoms with Gasteiger partial charge in [-0.2, -0.15) is 0 Å². The number of halogens is 1. The van der Waals surface area contributed by atoms with Gasteiger partial charge in [-0.1, -0.05) is 0 Å². The first-order chi connectivity index (χ1) is 10.1. The maximum Gasteiger partial charge on any atom is 0.159 e. The highest BCUT2D eigenvalue weighted by Gasteiger charge is 2.11. The molecule has 0 saturated heterocycles. The van der Waals surface area contributed by atoms with E-state index in [1.165, 1.54) is 6.42 Å². The molecule has 0 amide bonds. The molecule has 0 N–H and O–H groups in total. The number of hydrogen-bond acceptors (Lipinski definition) is 3. The first-order valence-corrected chi connectivity index (χ1v) is 8.23. The summed E-state index contributed by atoms with van der Waals surface area (Å²) in [5.41, 5.74) is 1.95. The molecule has 0 aromatic carbocycles. The largest absolute Gasteiger partial charge is 0.313 e. The lowest BCUT2D eigenvalue weighted by Crippen LogP contribution is -2.27. The molecule has 116 valence electrons. The standard InChI is InChI=1S/C16H25ClN4/c1-13(2)20(3)11-4-5-12-21-15(8-9-17)19-14-7-6-10-18-16(14)21/h6-7,10,13H,4-5,8-9,11-12H2,1-3H3. The average Bonchev–Trinajstić information content (AvgIpc) is 2.81. The Balaban J connectivity index is 2.01. The normalized spacial score (nSPS) is 11.9. The zero-order valence-corrected chi connectivity index (χ0v) is 14.0. The van der Waals surface area contributed by atoms with Crippen molar-refractivity contribution in [2.24, 2.45) is 0 Å². The second kappa shape index (κ2) is 7.76. The van der Waals surface area contributed by atoms with Crippen molar-refractivity contribution in [2.45, 2.75) is 45.7 Å². The van der Waals surface area contributed by atoms with Gasteiger partial charge in [-0.25, -0.2) is 9.97 Å². The monoisotopic (exact) mass is 308 g/mol. The van der Waals surface area contributed by atoms with E-state index in [1.807, 2.05) is 18.3 Å². The van der Waals surface area contributed by atoms with Crippen molar-refractivity contribution in [3.8, 4) is 0 Å². The second-order valence-corrected chi connectivity index (χ2v) is 6.12. The van der Waals surface area contributed by atoms with Crippen LogP contribution in [0.25, 0.3) is 11.2 Å². The van der Waals surface area contributed by atoms with Crippen molar-refractivity contribution in [3.05, 3.63) is 24.2 Å². The van der Waals surface area contributed by atoms with E-state index in [0.717, 1.165) is 42.9 Å². The van der Waals surface area contributed by atoms with E-state index in [2.05, 4.69) is 40.3 Å². The minimum Gasteiger partial charge on any atom is -0.313 e. The van der Waals surface area contributed by atoms with Crippen molar-refractivity contribution in [2.75, 3.05) is 19.5 Å². The second-order valence-electron chi connectivity index (χ2n) is 5.75. The summed E-state index contributed by atoms with van der Waals surface area (Å²) in [4.78, 5) is 11.5. The van der Waals surface area contributed by atoms with Crippen LogP contribution in [0.2, 0.25) is 0 Å². The van der Waals surface area contributed by atoms with Gasteiger partial charge in [-0.05, 0) is 52.4 Å².